The molecule has 0 saturated heterocycles. The third-order valence-electron chi connectivity index (χ3n) is 5.89. The standard InChI is InChI=1S/C27H33FN6O5/c1-6-34-21-14-13-18(28)16-20(21)29-23(34)17-33-15-9-10-19(26(33)37)30-25(36)22(39-27(38)32(4)5)11-7-8-12-24(35)31(2)3/h8-10,12-16,22H,6-7,11,17H2,1-5H3,(H,30,36)/b12-8+. The molecule has 1 unspecified atom stereocenters. The van der Waals surface area contributed by atoms with E-state index >= 15 is 0 Å². The van der Waals surface area contributed by atoms with Gasteiger partial charge in [-0.3, -0.25) is 14.4 Å². The number of allylic oxidation sites excluding steroid dienone is 1. The van der Waals surface area contributed by atoms with Crippen LogP contribution < -0.4 is 10.9 Å². The highest BCUT2D eigenvalue weighted by Crippen LogP contribution is 2.18. The molecule has 0 radical (unpaired) electrons. The molecule has 3 amide bonds. The number of hydrogen-bond acceptors (Lipinski definition) is 6. The number of fused-ring (bicyclic) bond motifs is 1. The van der Waals surface area contributed by atoms with Crippen molar-refractivity contribution in [3.8, 4) is 0 Å². The quantitative estimate of drug-likeness (QED) is 0.395. The Morgan fingerprint density at radius 1 is 1.15 bits per heavy atom. The SMILES string of the molecule is CCn1c(Cn2cccc(NC(=O)C(CC/C=C/C(=O)N(C)C)OC(=O)N(C)C)c2=O)nc2cc(F)ccc21. The van der Waals surface area contributed by atoms with Crippen molar-refractivity contribution in [2.75, 3.05) is 33.5 Å². The van der Waals surface area contributed by atoms with E-state index in [1.807, 2.05) is 11.5 Å². The summed E-state index contributed by atoms with van der Waals surface area (Å²) in [6.45, 7) is 2.58. The molecule has 1 N–H and O–H groups in total. The maximum atomic E-state index is 13.7. The van der Waals surface area contributed by atoms with Gasteiger partial charge in [0, 0.05) is 47.0 Å². The van der Waals surface area contributed by atoms with Gasteiger partial charge in [0.25, 0.3) is 11.5 Å². The summed E-state index contributed by atoms with van der Waals surface area (Å²) in [5, 5.41) is 2.57. The fourth-order valence-electron chi connectivity index (χ4n) is 3.80. The fraction of sp³-hybridized carbons (Fsp3) is 0.370. The fourth-order valence-corrected chi connectivity index (χ4v) is 3.80. The van der Waals surface area contributed by atoms with E-state index < -0.39 is 29.5 Å². The number of aryl methyl sites for hydroxylation is 1. The van der Waals surface area contributed by atoms with Gasteiger partial charge in [0.05, 0.1) is 17.6 Å². The molecule has 1 atom stereocenters. The van der Waals surface area contributed by atoms with E-state index in [1.165, 1.54) is 52.7 Å². The number of pyridine rings is 1. The second-order valence-corrected chi connectivity index (χ2v) is 9.23. The van der Waals surface area contributed by atoms with Crippen LogP contribution in [0.3, 0.4) is 0 Å². The number of carbonyl (C=O) groups excluding carboxylic acids is 3. The topological polar surface area (TPSA) is 119 Å². The van der Waals surface area contributed by atoms with Crippen molar-refractivity contribution in [3.63, 3.8) is 0 Å². The minimum atomic E-state index is -1.20. The van der Waals surface area contributed by atoms with Crippen LogP contribution in [0.25, 0.3) is 11.0 Å². The number of anilines is 1. The molecule has 0 bridgehead atoms. The van der Waals surface area contributed by atoms with Gasteiger partial charge >= 0.3 is 6.09 Å². The van der Waals surface area contributed by atoms with Gasteiger partial charge in [0.15, 0.2) is 6.10 Å². The Hall–Kier alpha value is -4.48. The van der Waals surface area contributed by atoms with Crippen molar-refractivity contribution >= 4 is 34.6 Å². The number of benzene rings is 1. The summed E-state index contributed by atoms with van der Waals surface area (Å²) in [6, 6.07) is 7.40. The van der Waals surface area contributed by atoms with Crippen LogP contribution in [0.5, 0.6) is 0 Å². The Kier molecular flexibility index (Phi) is 9.58. The first-order valence-corrected chi connectivity index (χ1v) is 12.4. The van der Waals surface area contributed by atoms with Crippen LogP contribution in [-0.2, 0) is 27.4 Å². The number of imidazole rings is 1. The van der Waals surface area contributed by atoms with Gasteiger partial charge in [0.1, 0.15) is 17.3 Å². The van der Waals surface area contributed by atoms with Gasteiger partial charge in [-0.05, 0) is 50.1 Å². The average Bonchev–Trinajstić information content (AvgIpc) is 3.23. The van der Waals surface area contributed by atoms with Crippen molar-refractivity contribution in [1.82, 2.24) is 23.9 Å². The third kappa shape index (κ3) is 7.30. The lowest BCUT2D eigenvalue weighted by molar-refractivity contribution is -0.125. The first kappa shape index (κ1) is 29.1. The van der Waals surface area contributed by atoms with Crippen molar-refractivity contribution in [2.45, 2.75) is 39.0 Å². The van der Waals surface area contributed by atoms with Crippen molar-refractivity contribution in [1.29, 1.82) is 0 Å². The highest BCUT2D eigenvalue weighted by atomic mass is 19.1. The van der Waals surface area contributed by atoms with Gasteiger partial charge in [-0.1, -0.05) is 6.08 Å². The number of nitrogens with zero attached hydrogens (tertiary/aromatic N) is 5. The van der Waals surface area contributed by atoms with E-state index in [0.29, 0.717) is 17.9 Å². The van der Waals surface area contributed by atoms with E-state index in [0.717, 1.165) is 5.52 Å². The molecule has 12 heteroatoms. The highest BCUT2D eigenvalue weighted by Gasteiger charge is 2.24. The highest BCUT2D eigenvalue weighted by molar-refractivity contribution is 5.95. The molecule has 1 aromatic carbocycles. The number of carbonyl (C=O) groups is 3. The van der Waals surface area contributed by atoms with Crippen LogP contribution >= 0.6 is 0 Å². The number of aromatic nitrogens is 3. The summed E-state index contributed by atoms with van der Waals surface area (Å²) in [5.74, 6) is -0.738. The molecule has 3 rings (SSSR count). The Labute approximate surface area is 225 Å². The number of ether oxygens (including phenoxy) is 1. The molecule has 2 heterocycles. The predicted octanol–water partition coefficient (Wildman–Crippen LogP) is 2.84. The van der Waals surface area contributed by atoms with E-state index in [2.05, 4.69) is 10.3 Å². The lowest BCUT2D eigenvalue weighted by Gasteiger charge is -2.19. The molecule has 2 aromatic heterocycles. The van der Waals surface area contributed by atoms with Gasteiger partial charge in [-0.15, -0.1) is 0 Å². The number of halogens is 1. The second-order valence-electron chi connectivity index (χ2n) is 9.23. The summed E-state index contributed by atoms with van der Waals surface area (Å²) in [6.07, 6.45) is 2.99. The first-order valence-electron chi connectivity index (χ1n) is 12.4. The summed E-state index contributed by atoms with van der Waals surface area (Å²) >= 11 is 0. The molecule has 0 aliphatic carbocycles. The average molecular weight is 541 g/mol. The zero-order valence-electron chi connectivity index (χ0n) is 22.7. The third-order valence-corrected chi connectivity index (χ3v) is 5.89. The zero-order valence-corrected chi connectivity index (χ0v) is 22.7. The largest absolute Gasteiger partial charge is 0.436 e. The van der Waals surface area contributed by atoms with E-state index in [1.54, 1.807) is 38.5 Å². The van der Waals surface area contributed by atoms with E-state index in [9.17, 15) is 23.6 Å². The van der Waals surface area contributed by atoms with Crippen LogP contribution in [0, 0.1) is 5.82 Å². The van der Waals surface area contributed by atoms with Gasteiger partial charge in [-0.25, -0.2) is 14.2 Å². The molecule has 11 nitrogen and oxygen atoms in total. The molecule has 0 spiro atoms. The van der Waals surface area contributed by atoms with E-state index in [-0.39, 0.29) is 31.0 Å². The number of hydrogen-bond donors (Lipinski definition) is 1. The van der Waals surface area contributed by atoms with Crippen LogP contribution in [-0.4, -0.2) is 76.1 Å². The zero-order chi connectivity index (χ0) is 28.7. The smallest absolute Gasteiger partial charge is 0.410 e. The summed E-state index contributed by atoms with van der Waals surface area (Å²) in [5.41, 5.74) is 0.743. The maximum Gasteiger partial charge on any atom is 0.410 e. The number of rotatable bonds is 10. The predicted molar refractivity (Wildman–Crippen MR) is 145 cm³/mol. The van der Waals surface area contributed by atoms with Gasteiger partial charge in [0.2, 0.25) is 5.91 Å². The lowest BCUT2D eigenvalue weighted by Crippen LogP contribution is -2.37. The van der Waals surface area contributed by atoms with Crippen molar-refractivity contribution in [3.05, 3.63) is 70.7 Å². The van der Waals surface area contributed by atoms with Crippen LogP contribution in [0.15, 0.2) is 53.5 Å². The molecular formula is C27H33FN6O5. The van der Waals surface area contributed by atoms with Crippen molar-refractivity contribution in [2.24, 2.45) is 0 Å². The minimum Gasteiger partial charge on any atom is -0.436 e. The first-order chi connectivity index (χ1) is 18.5. The number of amides is 3. The molecule has 0 saturated carbocycles. The van der Waals surface area contributed by atoms with Crippen LogP contribution in [0.4, 0.5) is 14.9 Å². The van der Waals surface area contributed by atoms with Crippen LogP contribution in [0.2, 0.25) is 0 Å². The monoisotopic (exact) mass is 540 g/mol. The lowest BCUT2D eigenvalue weighted by atomic mass is 10.1. The molecule has 208 valence electrons. The maximum absolute atomic E-state index is 13.7. The van der Waals surface area contributed by atoms with Crippen molar-refractivity contribution < 1.29 is 23.5 Å². The molecular weight excluding hydrogens is 507 g/mol. The molecule has 0 fully saturated rings. The van der Waals surface area contributed by atoms with Gasteiger partial charge in [-0.2, -0.15) is 0 Å². The summed E-state index contributed by atoms with van der Waals surface area (Å²) in [4.78, 5) is 57.3. The molecule has 39 heavy (non-hydrogen) atoms. The Balaban J connectivity index is 1.80. The van der Waals surface area contributed by atoms with Gasteiger partial charge < -0.3 is 29.0 Å². The van der Waals surface area contributed by atoms with E-state index in [4.69, 9.17) is 4.74 Å². The number of likely N-dealkylation sites (N-methyl/N-ethyl adjacent to an activating group) is 1. The summed E-state index contributed by atoms with van der Waals surface area (Å²) in [7, 11) is 6.21. The van der Waals surface area contributed by atoms with Crippen LogP contribution in [0.1, 0.15) is 25.6 Å². The molecule has 0 aliphatic heterocycles. The Bertz CT molecular complexity index is 1440. The molecule has 3 aromatic rings. The summed E-state index contributed by atoms with van der Waals surface area (Å²) < 4.78 is 22.3. The minimum absolute atomic E-state index is 0.00284. The molecule has 0 aliphatic rings. The second kappa shape index (κ2) is 12.9. The number of nitrogens with one attached hydrogen (secondary N) is 1. The normalized spacial score (nSPS) is 11.9. The Morgan fingerprint density at radius 3 is 2.56 bits per heavy atom. The Morgan fingerprint density at radius 2 is 1.90 bits per heavy atom.